The van der Waals surface area contributed by atoms with Crippen LogP contribution in [0, 0.1) is 0 Å². The highest BCUT2D eigenvalue weighted by atomic mass is 79.9. The van der Waals surface area contributed by atoms with Gasteiger partial charge in [0.15, 0.2) is 6.61 Å². The summed E-state index contributed by atoms with van der Waals surface area (Å²) in [5.41, 5.74) is 0.640. The first-order valence-corrected chi connectivity index (χ1v) is 4.80. The Bertz CT molecular complexity index is 392. The molecule has 14 heavy (non-hydrogen) atoms. The molecule has 0 spiro atoms. The van der Waals surface area contributed by atoms with Crippen LogP contribution in [0.2, 0.25) is 0 Å². The predicted octanol–water partition coefficient (Wildman–Crippen LogP) is 1.79. The third kappa shape index (κ3) is 1.55. The molecule has 0 aliphatic carbocycles. The van der Waals surface area contributed by atoms with Crippen molar-refractivity contribution in [2.45, 2.75) is 0 Å². The number of anilines is 1. The summed E-state index contributed by atoms with van der Waals surface area (Å²) in [7, 11) is 1.57. The fourth-order valence-corrected chi connectivity index (χ4v) is 1.72. The first kappa shape index (κ1) is 9.33. The van der Waals surface area contributed by atoms with Gasteiger partial charge in [-0.2, -0.15) is 0 Å². The van der Waals surface area contributed by atoms with Gasteiger partial charge in [0.2, 0.25) is 0 Å². The Hall–Kier alpha value is -1.23. The van der Waals surface area contributed by atoms with Crippen LogP contribution in [0.5, 0.6) is 11.5 Å². The van der Waals surface area contributed by atoms with Gasteiger partial charge in [-0.25, -0.2) is 0 Å². The average Bonchev–Trinajstić information content (AvgIpc) is 2.17. The van der Waals surface area contributed by atoms with Crippen LogP contribution in [-0.4, -0.2) is 19.6 Å². The van der Waals surface area contributed by atoms with E-state index in [-0.39, 0.29) is 12.5 Å². The monoisotopic (exact) mass is 257 g/mol. The molecule has 1 aliphatic rings. The Labute approximate surface area is 89.3 Å². The SMILES string of the molecule is COc1cc2c(cc1Br)OCC(=O)N2. The number of carbonyl (C=O) groups is 1. The van der Waals surface area contributed by atoms with Crippen LogP contribution in [-0.2, 0) is 4.79 Å². The standard InChI is InChI=1S/C9H8BrNO3/c1-13-7-3-6-8(2-5(7)10)14-4-9(12)11-6/h2-3H,4H2,1H3,(H,11,12). The van der Waals surface area contributed by atoms with Crippen LogP contribution in [0.3, 0.4) is 0 Å². The maximum Gasteiger partial charge on any atom is 0.262 e. The van der Waals surface area contributed by atoms with Gasteiger partial charge in [-0.05, 0) is 15.9 Å². The topological polar surface area (TPSA) is 47.6 Å². The molecule has 1 aromatic carbocycles. The summed E-state index contributed by atoms with van der Waals surface area (Å²) in [6.45, 7) is 0.0613. The van der Waals surface area contributed by atoms with Crippen molar-refractivity contribution in [3.05, 3.63) is 16.6 Å². The van der Waals surface area contributed by atoms with E-state index in [0.29, 0.717) is 17.2 Å². The van der Waals surface area contributed by atoms with Gasteiger partial charge in [-0.1, -0.05) is 0 Å². The van der Waals surface area contributed by atoms with Gasteiger partial charge in [0.25, 0.3) is 5.91 Å². The van der Waals surface area contributed by atoms with Crippen LogP contribution in [0.15, 0.2) is 16.6 Å². The van der Waals surface area contributed by atoms with Crippen molar-refractivity contribution in [3.8, 4) is 11.5 Å². The second kappa shape index (κ2) is 3.49. The van der Waals surface area contributed by atoms with Gasteiger partial charge >= 0.3 is 0 Å². The van der Waals surface area contributed by atoms with Crippen molar-refractivity contribution in [2.75, 3.05) is 19.0 Å². The number of carbonyl (C=O) groups excluding carboxylic acids is 1. The zero-order valence-corrected chi connectivity index (χ0v) is 9.05. The van der Waals surface area contributed by atoms with Crippen molar-refractivity contribution in [1.29, 1.82) is 0 Å². The molecule has 1 heterocycles. The van der Waals surface area contributed by atoms with Gasteiger partial charge in [0.05, 0.1) is 17.3 Å². The summed E-state index contributed by atoms with van der Waals surface area (Å²) in [6.07, 6.45) is 0. The number of hydrogen-bond acceptors (Lipinski definition) is 3. The summed E-state index contributed by atoms with van der Waals surface area (Å²) in [6, 6.07) is 3.49. The van der Waals surface area contributed by atoms with Crippen molar-refractivity contribution in [3.63, 3.8) is 0 Å². The summed E-state index contributed by atoms with van der Waals surface area (Å²) < 4.78 is 11.1. The highest BCUT2D eigenvalue weighted by Gasteiger charge is 2.17. The third-order valence-corrected chi connectivity index (χ3v) is 2.51. The Morgan fingerprint density at radius 2 is 2.36 bits per heavy atom. The first-order chi connectivity index (χ1) is 6.70. The van der Waals surface area contributed by atoms with E-state index in [4.69, 9.17) is 9.47 Å². The van der Waals surface area contributed by atoms with Crippen LogP contribution < -0.4 is 14.8 Å². The van der Waals surface area contributed by atoms with Crippen LogP contribution in [0.1, 0.15) is 0 Å². The van der Waals surface area contributed by atoms with Crippen molar-refractivity contribution >= 4 is 27.5 Å². The molecule has 2 rings (SSSR count). The average molecular weight is 258 g/mol. The van der Waals surface area contributed by atoms with Gasteiger partial charge < -0.3 is 14.8 Å². The molecule has 1 N–H and O–H groups in total. The van der Waals surface area contributed by atoms with E-state index in [0.717, 1.165) is 4.47 Å². The fourth-order valence-electron chi connectivity index (χ4n) is 1.24. The molecule has 0 fully saturated rings. The summed E-state index contributed by atoms with van der Waals surface area (Å²) in [5, 5.41) is 2.70. The molecule has 0 saturated heterocycles. The number of halogens is 1. The highest BCUT2D eigenvalue weighted by Crippen LogP contribution is 2.37. The molecule has 1 aliphatic heterocycles. The Morgan fingerprint density at radius 1 is 1.57 bits per heavy atom. The lowest BCUT2D eigenvalue weighted by molar-refractivity contribution is -0.118. The number of methoxy groups -OCH3 is 1. The quantitative estimate of drug-likeness (QED) is 0.835. The lowest BCUT2D eigenvalue weighted by Gasteiger charge is -2.19. The molecule has 0 radical (unpaired) electrons. The molecule has 4 nitrogen and oxygen atoms in total. The first-order valence-electron chi connectivity index (χ1n) is 4.01. The summed E-state index contributed by atoms with van der Waals surface area (Å²) in [4.78, 5) is 11.0. The van der Waals surface area contributed by atoms with Crippen LogP contribution in [0.4, 0.5) is 5.69 Å². The molecular formula is C9H8BrNO3. The second-order valence-electron chi connectivity index (χ2n) is 2.82. The number of nitrogens with one attached hydrogen (secondary N) is 1. The van der Waals surface area contributed by atoms with Gasteiger partial charge in [0, 0.05) is 12.1 Å². The second-order valence-corrected chi connectivity index (χ2v) is 3.67. The minimum absolute atomic E-state index is 0.0613. The number of amides is 1. The van der Waals surface area contributed by atoms with Crippen LogP contribution >= 0.6 is 15.9 Å². The van der Waals surface area contributed by atoms with E-state index in [9.17, 15) is 4.79 Å². The maximum atomic E-state index is 11.0. The summed E-state index contributed by atoms with van der Waals surface area (Å²) >= 11 is 3.33. The smallest absolute Gasteiger partial charge is 0.262 e. The largest absolute Gasteiger partial charge is 0.495 e. The fraction of sp³-hybridized carbons (Fsp3) is 0.222. The van der Waals surface area contributed by atoms with Crippen molar-refractivity contribution in [1.82, 2.24) is 0 Å². The minimum Gasteiger partial charge on any atom is -0.495 e. The normalized spacial score (nSPS) is 14.0. The van der Waals surface area contributed by atoms with Gasteiger partial charge in [0.1, 0.15) is 11.5 Å². The predicted molar refractivity (Wildman–Crippen MR) is 54.8 cm³/mol. The van der Waals surface area contributed by atoms with E-state index in [2.05, 4.69) is 21.2 Å². The molecule has 0 unspecified atom stereocenters. The zero-order valence-electron chi connectivity index (χ0n) is 7.46. The highest BCUT2D eigenvalue weighted by molar-refractivity contribution is 9.10. The molecule has 5 heteroatoms. The molecule has 0 saturated carbocycles. The molecular weight excluding hydrogens is 250 g/mol. The third-order valence-electron chi connectivity index (χ3n) is 1.89. The molecule has 74 valence electrons. The Kier molecular flexibility index (Phi) is 2.33. The van der Waals surface area contributed by atoms with Crippen LogP contribution in [0.25, 0.3) is 0 Å². The van der Waals surface area contributed by atoms with Crippen molar-refractivity contribution < 1.29 is 14.3 Å². The molecule has 0 aromatic heterocycles. The number of rotatable bonds is 1. The lowest BCUT2D eigenvalue weighted by atomic mass is 10.2. The summed E-state index contributed by atoms with van der Waals surface area (Å²) in [5.74, 6) is 1.16. The maximum absolute atomic E-state index is 11.0. The number of ether oxygens (including phenoxy) is 2. The lowest BCUT2D eigenvalue weighted by Crippen LogP contribution is -2.25. The molecule has 0 atom stereocenters. The van der Waals surface area contributed by atoms with E-state index in [1.807, 2.05) is 0 Å². The number of hydrogen-bond donors (Lipinski definition) is 1. The van der Waals surface area contributed by atoms with Crippen molar-refractivity contribution in [2.24, 2.45) is 0 Å². The van der Waals surface area contributed by atoms with E-state index >= 15 is 0 Å². The van der Waals surface area contributed by atoms with E-state index in [1.54, 1.807) is 19.2 Å². The Balaban J connectivity index is 2.46. The zero-order chi connectivity index (χ0) is 10.1. The molecule has 1 aromatic rings. The van der Waals surface area contributed by atoms with Gasteiger partial charge in [-0.3, -0.25) is 4.79 Å². The minimum atomic E-state index is -0.151. The molecule has 1 amide bonds. The van der Waals surface area contributed by atoms with E-state index < -0.39 is 0 Å². The van der Waals surface area contributed by atoms with Gasteiger partial charge in [-0.15, -0.1) is 0 Å². The number of benzene rings is 1. The van der Waals surface area contributed by atoms with E-state index in [1.165, 1.54) is 0 Å². The Morgan fingerprint density at radius 3 is 3.07 bits per heavy atom. The number of fused-ring (bicyclic) bond motifs is 1. The molecule has 0 bridgehead atoms.